The molecule has 1 heterocycles. The maximum atomic E-state index is 8.46. The molecule has 0 radical (unpaired) electrons. The van der Waals surface area contributed by atoms with Crippen molar-refractivity contribution in [3.05, 3.63) is 11.6 Å². The molecule has 0 N–H and O–H groups in total. The van der Waals surface area contributed by atoms with Crippen LogP contribution in [0.3, 0.4) is 0 Å². The Morgan fingerprint density at radius 2 is 2.56 bits per heavy atom. The second-order valence-electron chi connectivity index (χ2n) is 2.37. The van der Waals surface area contributed by atoms with Crippen LogP contribution in [0.1, 0.15) is 6.42 Å². The van der Waals surface area contributed by atoms with Gasteiger partial charge in [0.1, 0.15) is 0 Å². The van der Waals surface area contributed by atoms with E-state index in [2.05, 4.69) is 11.0 Å². The number of nitrogens with zero attached hydrogens (tertiary/aromatic N) is 2. The third kappa shape index (κ3) is 1.55. The van der Waals surface area contributed by atoms with Crippen LogP contribution < -0.4 is 0 Å². The highest BCUT2D eigenvalue weighted by Gasteiger charge is 2.05. The average Bonchev–Trinajstić information content (AvgIpc) is 1.88. The number of rotatable bonds is 0. The summed E-state index contributed by atoms with van der Waals surface area (Å²) < 4.78 is 0. The second kappa shape index (κ2) is 2.65. The van der Waals surface area contributed by atoms with Gasteiger partial charge in [0.2, 0.25) is 0 Å². The third-order valence-corrected chi connectivity index (χ3v) is 1.49. The molecule has 48 valence electrons. The van der Waals surface area contributed by atoms with Crippen molar-refractivity contribution >= 4 is 0 Å². The van der Waals surface area contributed by atoms with Crippen LogP contribution >= 0.6 is 0 Å². The molecule has 0 aliphatic carbocycles. The Bertz CT molecular complexity index is 164. The van der Waals surface area contributed by atoms with Crippen molar-refractivity contribution in [3.8, 4) is 6.07 Å². The SMILES string of the molecule is CN1CCC=C(C#N)C1. The highest BCUT2D eigenvalue weighted by atomic mass is 15.1. The van der Waals surface area contributed by atoms with Crippen molar-refractivity contribution in [3.63, 3.8) is 0 Å². The predicted octanol–water partition coefficient (Wildman–Crippen LogP) is 0.772. The molecule has 0 atom stereocenters. The maximum absolute atomic E-state index is 8.46. The summed E-state index contributed by atoms with van der Waals surface area (Å²) in [5.74, 6) is 0. The third-order valence-electron chi connectivity index (χ3n) is 1.49. The van der Waals surface area contributed by atoms with Gasteiger partial charge in [0.15, 0.2) is 0 Å². The minimum Gasteiger partial charge on any atom is -0.301 e. The van der Waals surface area contributed by atoms with Crippen LogP contribution in [0, 0.1) is 11.3 Å². The lowest BCUT2D eigenvalue weighted by Gasteiger charge is -2.18. The van der Waals surface area contributed by atoms with Gasteiger partial charge in [0.05, 0.1) is 6.07 Å². The summed E-state index contributed by atoms with van der Waals surface area (Å²) in [4.78, 5) is 2.15. The van der Waals surface area contributed by atoms with E-state index in [9.17, 15) is 0 Å². The molecule has 0 saturated heterocycles. The predicted molar refractivity (Wildman–Crippen MR) is 35.8 cm³/mol. The summed E-state index contributed by atoms with van der Waals surface area (Å²) in [5.41, 5.74) is 0.906. The summed E-state index contributed by atoms with van der Waals surface area (Å²) in [7, 11) is 2.03. The molecule has 1 rings (SSSR count). The van der Waals surface area contributed by atoms with Gasteiger partial charge in [0.25, 0.3) is 0 Å². The monoisotopic (exact) mass is 122 g/mol. The van der Waals surface area contributed by atoms with E-state index >= 15 is 0 Å². The van der Waals surface area contributed by atoms with Gasteiger partial charge in [-0.3, -0.25) is 0 Å². The molecule has 0 fully saturated rings. The lowest BCUT2D eigenvalue weighted by Crippen LogP contribution is -2.24. The molecule has 0 unspecified atom stereocenters. The van der Waals surface area contributed by atoms with E-state index in [-0.39, 0.29) is 0 Å². The molecule has 1 aliphatic heterocycles. The molecule has 2 nitrogen and oxygen atoms in total. The van der Waals surface area contributed by atoms with Crippen LogP contribution in [0.2, 0.25) is 0 Å². The zero-order chi connectivity index (χ0) is 6.69. The van der Waals surface area contributed by atoms with Gasteiger partial charge in [-0.15, -0.1) is 0 Å². The van der Waals surface area contributed by atoms with Gasteiger partial charge >= 0.3 is 0 Å². The van der Waals surface area contributed by atoms with Crippen LogP contribution in [0.4, 0.5) is 0 Å². The van der Waals surface area contributed by atoms with Crippen molar-refractivity contribution in [1.29, 1.82) is 5.26 Å². The zero-order valence-corrected chi connectivity index (χ0v) is 5.59. The van der Waals surface area contributed by atoms with Crippen LogP contribution in [0.15, 0.2) is 11.6 Å². The summed E-state index contributed by atoms with van der Waals surface area (Å²) >= 11 is 0. The maximum Gasteiger partial charge on any atom is 0.0957 e. The lowest BCUT2D eigenvalue weighted by atomic mass is 10.1. The number of likely N-dealkylation sites (N-methyl/N-ethyl adjacent to an activating group) is 1. The van der Waals surface area contributed by atoms with Crippen LogP contribution in [-0.2, 0) is 0 Å². The van der Waals surface area contributed by atoms with E-state index in [0.29, 0.717) is 0 Å². The second-order valence-corrected chi connectivity index (χ2v) is 2.37. The fraction of sp³-hybridized carbons (Fsp3) is 0.571. The first-order valence-electron chi connectivity index (χ1n) is 3.10. The Morgan fingerprint density at radius 1 is 1.78 bits per heavy atom. The summed E-state index contributed by atoms with van der Waals surface area (Å²) in [6.45, 7) is 1.92. The molecule has 0 aromatic heterocycles. The Balaban J connectivity index is 2.56. The quantitative estimate of drug-likeness (QED) is 0.474. The molecular weight excluding hydrogens is 112 g/mol. The smallest absolute Gasteiger partial charge is 0.0957 e. The first kappa shape index (κ1) is 6.31. The minimum absolute atomic E-state index is 0.830. The average molecular weight is 122 g/mol. The van der Waals surface area contributed by atoms with Gasteiger partial charge in [-0.25, -0.2) is 0 Å². The summed E-state index contributed by atoms with van der Waals surface area (Å²) in [6.07, 6.45) is 3.04. The molecule has 1 aliphatic rings. The Morgan fingerprint density at radius 3 is 3.00 bits per heavy atom. The normalized spacial score (nSPS) is 20.7. The van der Waals surface area contributed by atoms with Crippen molar-refractivity contribution in [2.45, 2.75) is 6.42 Å². The molecule has 0 saturated carbocycles. The van der Waals surface area contributed by atoms with Crippen LogP contribution in [-0.4, -0.2) is 25.0 Å². The van der Waals surface area contributed by atoms with Crippen molar-refractivity contribution < 1.29 is 0 Å². The van der Waals surface area contributed by atoms with E-state index in [1.54, 1.807) is 0 Å². The molecule has 9 heavy (non-hydrogen) atoms. The minimum atomic E-state index is 0.830. The topological polar surface area (TPSA) is 27.0 Å². The van der Waals surface area contributed by atoms with Gasteiger partial charge in [-0.1, -0.05) is 6.08 Å². The molecule has 0 aromatic rings. The highest BCUT2D eigenvalue weighted by molar-refractivity contribution is 5.23. The largest absolute Gasteiger partial charge is 0.301 e. The Hall–Kier alpha value is -0.810. The van der Waals surface area contributed by atoms with E-state index in [0.717, 1.165) is 25.1 Å². The first-order chi connectivity index (χ1) is 4.33. The molecule has 0 bridgehead atoms. The zero-order valence-electron chi connectivity index (χ0n) is 5.59. The van der Waals surface area contributed by atoms with Crippen molar-refractivity contribution in [1.82, 2.24) is 4.90 Å². The van der Waals surface area contributed by atoms with Gasteiger partial charge < -0.3 is 4.90 Å². The highest BCUT2D eigenvalue weighted by Crippen LogP contribution is 2.05. The Kier molecular flexibility index (Phi) is 1.86. The van der Waals surface area contributed by atoms with Gasteiger partial charge in [-0.2, -0.15) is 5.26 Å². The van der Waals surface area contributed by atoms with E-state index in [1.165, 1.54) is 0 Å². The number of hydrogen-bond acceptors (Lipinski definition) is 2. The molecular formula is C7H10N2. The lowest BCUT2D eigenvalue weighted by molar-refractivity contribution is 0.359. The molecule has 2 heteroatoms. The van der Waals surface area contributed by atoms with Crippen molar-refractivity contribution in [2.75, 3.05) is 20.1 Å². The fourth-order valence-electron chi connectivity index (χ4n) is 0.975. The van der Waals surface area contributed by atoms with E-state index in [4.69, 9.17) is 5.26 Å². The molecule has 0 aromatic carbocycles. The summed E-state index contributed by atoms with van der Waals surface area (Å²) in [6, 6.07) is 2.15. The van der Waals surface area contributed by atoms with Crippen LogP contribution in [0.5, 0.6) is 0 Å². The fourth-order valence-corrected chi connectivity index (χ4v) is 0.975. The van der Waals surface area contributed by atoms with Crippen molar-refractivity contribution in [2.24, 2.45) is 0 Å². The van der Waals surface area contributed by atoms with E-state index in [1.807, 2.05) is 13.1 Å². The number of nitriles is 1. The first-order valence-corrected chi connectivity index (χ1v) is 3.10. The summed E-state index contributed by atoms with van der Waals surface area (Å²) in [5, 5.41) is 8.46. The number of hydrogen-bond donors (Lipinski definition) is 0. The molecule has 0 spiro atoms. The van der Waals surface area contributed by atoms with E-state index < -0.39 is 0 Å². The molecule has 0 amide bonds. The Labute approximate surface area is 55.4 Å². The standard InChI is InChI=1S/C7H10N2/c1-9-4-2-3-7(5-8)6-9/h3H,2,4,6H2,1H3. The van der Waals surface area contributed by atoms with Gasteiger partial charge in [0, 0.05) is 18.7 Å². The van der Waals surface area contributed by atoms with Gasteiger partial charge in [-0.05, 0) is 13.5 Å². The van der Waals surface area contributed by atoms with Crippen LogP contribution in [0.25, 0.3) is 0 Å².